The van der Waals surface area contributed by atoms with Crippen LogP contribution in [0.3, 0.4) is 0 Å². The first-order chi connectivity index (χ1) is 8.11. The van der Waals surface area contributed by atoms with E-state index in [4.69, 9.17) is 0 Å². The zero-order chi connectivity index (χ0) is 12.4. The summed E-state index contributed by atoms with van der Waals surface area (Å²) < 4.78 is 13.9. The number of nitrogens with zero attached hydrogens (tertiary/aromatic N) is 1. The van der Waals surface area contributed by atoms with E-state index in [2.05, 4.69) is 17.1 Å². The second-order valence-corrected chi connectivity index (χ2v) is 5.01. The fourth-order valence-corrected chi connectivity index (χ4v) is 2.64. The number of hydrogen-bond donors (Lipinski definition) is 1. The topological polar surface area (TPSA) is 15.3 Å². The van der Waals surface area contributed by atoms with E-state index < -0.39 is 0 Å². The first-order valence-electron chi connectivity index (χ1n) is 6.32. The lowest BCUT2D eigenvalue weighted by Gasteiger charge is -2.39. The van der Waals surface area contributed by atoms with Crippen LogP contribution in [0, 0.1) is 12.7 Å². The Morgan fingerprint density at radius 1 is 1.41 bits per heavy atom. The van der Waals surface area contributed by atoms with Gasteiger partial charge in [0.25, 0.3) is 0 Å². The summed E-state index contributed by atoms with van der Waals surface area (Å²) >= 11 is 0. The first kappa shape index (κ1) is 12.4. The van der Waals surface area contributed by atoms with E-state index >= 15 is 0 Å². The predicted molar refractivity (Wildman–Crippen MR) is 70.0 cm³/mol. The lowest BCUT2D eigenvalue weighted by molar-refractivity contribution is 0.384. The van der Waals surface area contributed by atoms with Crippen LogP contribution in [-0.4, -0.2) is 25.7 Å². The van der Waals surface area contributed by atoms with Crippen molar-refractivity contribution >= 4 is 5.69 Å². The smallest absolute Gasteiger partial charge is 0.146 e. The van der Waals surface area contributed by atoms with Crippen LogP contribution in [-0.2, 0) is 0 Å². The Morgan fingerprint density at radius 3 is 2.76 bits per heavy atom. The number of halogens is 1. The van der Waals surface area contributed by atoms with Crippen LogP contribution < -0.4 is 10.2 Å². The van der Waals surface area contributed by atoms with Crippen LogP contribution in [0.1, 0.15) is 25.3 Å². The summed E-state index contributed by atoms with van der Waals surface area (Å²) in [6, 6.07) is 6.45. The van der Waals surface area contributed by atoms with Gasteiger partial charge in [0.15, 0.2) is 0 Å². The van der Waals surface area contributed by atoms with Crippen LogP contribution >= 0.6 is 0 Å². The highest BCUT2D eigenvalue weighted by Crippen LogP contribution is 2.27. The van der Waals surface area contributed by atoms with Gasteiger partial charge < -0.3 is 10.2 Å². The molecular weight excluding hydrogens is 215 g/mol. The van der Waals surface area contributed by atoms with Crippen molar-refractivity contribution in [3.05, 3.63) is 29.6 Å². The van der Waals surface area contributed by atoms with Crippen LogP contribution in [0.2, 0.25) is 0 Å². The predicted octanol–water partition coefficient (Wildman–Crippen LogP) is 2.71. The number of rotatable bonds is 2. The highest BCUT2D eigenvalue weighted by Gasteiger charge is 2.26. The minimum atomic E-state index is -0.0974. The van der Waals surface area contributed by atoms with Gasteiger partial charge in [0, 0.05) is 18.6 Å². The van der Waals surface area contributed by atoms with Gasteiger partial charge in [0.2, 0.25) is 0 Å². The van der Waals surface area contributed by atoms with Crippen molar-refractivity contribution < 1.29 is 4.39 Å². The summed E-state index contributed by atoms with van der Waals surface area (Å²) in [4.78, 5) is 2.18. The van der Waals surface area contributed by atoms with E-state index in [0.717, 1.165) is 30.6 Å². The van der Waals surface area contributed by atoms with Gasteiger partial charge in [-0.3, -0.25) is 0 Å². The Morgan fingerprint density at radius 2 is 2.18 bits per heavy atom. The van der Waals surface area contributed by atoms with Crippen molar-refractivity contribution in [2.45, 2.75) is 38.8 Å². The highest BCUT2D eigenvalue weighted by molar-refractivity contribution is 5.50. The van der Waals surface area contributed by atoms with E-state index in [1.807, 2.05) is 26.1 Å². The Balaban J connectivity index is 2.17. The number of anilines is 1. The van der Waals surface area contributed by atoms with E-state index in [-0.39, 0.29) is 5.82 Å². The standard InChI is InChI=1S/C14H21FN2/c1-10-4-5-14(13(15)8-10)17-7-6-12(16-3)9-11(17)2/h4-5,8,11-12,16H,6-7,9H2,1-3H3. The second-order valence-electron chi connectivity index (χ2n) is 5.01. The zero-order valence-corrected chi connectivity index (χ0v) is 10.8. The molecule has 1 fully saturated rings. The molecule has 1 saturated heterocycles. The number of benzene rings is 1. The maximum absolute atomic E-state index is 13.9. The molecule has 2 unspecified atom stereocenters. The lowest BCUT2D eigenvalue weighted by Crippen LogP contribution is -2.47. The molecule has 0 saturated carbocycles. The SMILES string of the molecule is CNC1CCN(c2ccc(C)cc2F)C(C)C1. The summed E-state index contributed by atoms with van der Waals surface area (Å²) in [5, 5.41) is 3.31. The minimum absolute atomic E-state index is 0.0974. The van der Waals surface area contributed by atoms with E-state index in [1.54, 1.807) is 6.07 Å². The zero-order valence-electron chi connectivity index (χ0n) is 10.8. The number of piperidine rings is 1. The largest absolute Gasteiger partial charge is 0.366 e. The Bertz CT molecular complexity index is 392. The van der Waals surface area contributed by atoms with E-state index in [1.165, 1.54) is 0 Å². The first-order valence-corrected chi connectivity index (χ1v) is 6.32. The molecule has 17 heavy (non-hydrogen) atoms. The average molecular weight is 236 g/mol. The third-order valence-electron chi connectivity index (χ3n) is 3.70. The third kappa shape index (κ3) is 2.60. The molecule has 1 aromatic carbocycles. The molecule has 3 heteroatoms. The van der Waals surface area contributed by atoms with Crippen LogP contribution in [0.5, 0.6) is 0 Å². The minimum Gasteiger partial charge on any atom is -0.366 e. The van der Waals surface area contributed by atoms with Crippen molar-refractivity contribution in [3.63, 3.8) is 0 Å². The number of aryl methyl sites for hydroxylation is 1. The molecule has 2 rings (SSSR count). The molecule has 0 spiro atoms. The van der Waals surface area contributed by atoms with Gasteiger partial charge in [0.05, 0.1) is 5.69 Å². The summed E-state index contributed by atoms with van der Waals surface area (Å²) in [5.41, 5.74) is 1.72. The maximum Gasteiger partial charge on any atom is 0.146 e. The average Bonchev–Trinajstić information content (AvgIpc) is 2.30. The fraction of sp³-hybridized carbons (Fsp3) is 0.571. The number of nitrogens with one attached hydrogen (secondary N) is 1. The second kappa shape index (κ2) is 5.05. The van der Waals surface area contributed by atoms with Crippen molar-refractivity contribution in [2.75, 3.05) is 18.5 Å². The summed E-state index contributed by atoms with van der Waals surface area (Å²) in [5.74, 6) is -0.0974. The molecule has 1 aliphatic heterocycles. The molecule has 0 radical (unpaired) electrons. The molecule has 0 bridgehead atoms. The van der Waals surface area contributed by atoms with Crippen LogP contribution in [0.15, 0.2) is 18.2 Å². The third-order valence-corrected chi connectivity index (χ3v) is 3.70. The van der Waals surface area contributed by atoms with Crippen LogP contribution in [0.4, 0.5) is 10.1 Å². The van der Waals surface area contributed by atoms with Gasteiger partial charge in [-0.2, -0.15) is 0 Å². The molecular formula is C14H21FN2. The normalized spacial score (nSPS) is 25.1. The molecule has 2 nitrogen and oxygen atoms in total. The van der Waals surface area contributed by atoms with Crippen molar-refractivity contribution in [1.29, 1.82) is 0 Å². The molecule has 0 aliphatic carbocycles. The molecule has 1 aromatic rings. The van der Waals surface area contributed by atoms with E-state index in [9.17, 15) is 4.39 Å². The molecule has 2 atom stereocenters. The molecule has 1 N–H and O–H groups in total. The summed E-state index contributed by atoms with van der Waals surface area (Å²) in [7, 11) is 2.00. The molecule has 94 valence electrons. The summed E-state index contributed by atoms with van der Waals surface area (Å²) in [6.07, 6.45) is 2.15. The molecule has 1 heterocycles. The highest BCUT2D eigenvalue weighted by atomic mass is 19.1. The molecule has 1 aliphatic rings. The van der Waals surface area contributed by atoms with Crippen molar-refractivity contribution in [3.8, 4) is 0 Å². The van der Waals surface area contributed by atoms with Crippen LogP contribution in [0.25, 0.3) is 0 Å². The molecule has 0 aromatic heterocycles. The van der Waals surface area contributed by atoms with Gasteiger partial charge in [-0.05, 0) is 51.4 Å². The van der Waals surface area contributed by atoms with E-state index in [0.29, 0.717) is 12.1 Å². The van der Waals surface area contributed by atoms with Gasteiger partial charge >= 0.3 is 0 Å². The number of hydrogen-bond acceptors (Lipinski definition) is 2. The molecule has 0 amide bonds. The van der Waals surface area contributed by atoms with Gasteiger partial charge in [-0.1, -0.05) is 6.07 Å². The quantitative estimate of drug-likeness (QED) is 0.849. The fourth-order valence-electron chi connectivity index (χ4n) is 2.64. The maximum atomic E-state index is 13.9. The van der Waals surface area contributed by atoms with Gasteiger partial charge in [-0.15, -0.1) is 0 Å². The Labute approximate surface area is 103 Å². The van der Waals surface area contributed by atoms with Gasteiger partial charge in [-0.25, -0.2) is 4.39 Å². The van der Waals surface area contributed by atoms with Gasteiger partial charge in [0.1, 0.15) is 5.82 Å². The van der Waals surface area contributed by atoms with Crippen molar-refractivity contribution in [2.24, 2.45) is 0 Å². The lowest BCUT2D eigenvalue weighted by atomic mass is 9.97. The van der Waals surface area contributed by atoms with Crippen molar-refractivity contribution in [1.82, 2.24) is 5.32 Å². The Hall–Kier alpha value is -1.09. The summed E-state index contributed by atoms with van der Waals surface area (Å²) in [6.45, 7) is 5.01. The monoisotopic (exact) mass is 236 g/mol. The Kier molecular flexibility index (Phi) is 3.67.